The number of carbonyl (C=O) groups excluding carboxylic acids is 2. The number of allylic oxidation sites excluding steroid dienone is 1. The van der Waals surface area contributed by atoms with Gasteiger partial charge in [-0.25, -0.2) is 13.6 Å². The lowest BCUT2D eigenvalue weighted by molar-refractivity contribution is -0.126. The number of pyridine rings is 1. The molecule has 3 heterocycles. The number of fused-ring (bicyclic) bond motifs is 1. The highest BCUT2D eigenvalue weighted by Gasteiger charge is 2.39. The molecule has 1 saturated heterocycles. The van der Waals surface area contributed by atoms with Crippen molar-refractivity contribution in [2.45, 2.75) is 26.7 Å². The van der Waals surface area contributed by atoms with Crippen LogP contribution in [0.15, 0.2) is 24.3 Å². The number of ether oxygens (including phenoxy) is 2. The van der Waals surface area contributed by atoms with Crippen molar-refractivity contribution >= 4 is 41.9 Å². The molecule has 2 aromatic rings. The smallest absolute Gasteiger partial charge is 0.329 e. The second-order valence-electron chi connectivity index (χ2n) is 9.43. The Morgan fingerprint density at radius 1 is 1.21 bits per heavy atom. The van der Waals surface area contributed by atoms with Gasteiger partial charge in [-0.05, 0) is 13.0 Å². The molecule has 1 fully saturated rings. The van der Waals surface area contributed by atoms with Gasteiger partial charge in [0.15, 0.2) is 23.1 Å². The van der Waals surface area contributed by atoms with Crippen molar-refractivity contribution < 1.29 is 27.8 Å². The number of carbonyl (C=O) groups is 2. The van der Waals surface area contributed by atoms with Crippen LogP contribution >= 0.6 is 0 Å². The minimum atomic E-state index is -1.03. The van der Waals surface area contributed by atoms with E-state index in [9.17, 15) is 9.59 Å². The SMILES string of the molecule is CB/C=C(\C(C)=N)c1cc2c(cn1)CN(c1c(F)c(OC)cc(OC)c1F)C(=O)N2CC1CC(=O)N(C)C1. The summed E-state index contributed by atoms with van der Waals surface area (Å²) in [7, 11) is 4.87. The maximum atomic E-state index is 15.4. The van der Waals surface area contributed by atoms with Crippen molar-refractivity contribution in [3.63, 3.8) is 0 Å². The van der Waals surface area contributed by atoms with Crippen LogP contribution in [0.4, 0.5) is 25.0 Å². The minimum absolute atomic E-state index is 0.0332. The fourth-order valence-corrected chi connectivity index (χ4v) is 4.93. The number of urea groups is 1. The van der Waals surface area contributed by atoms with Crippen molar-refractivity contribution in [2.24, 2.45) is 5.92 Å². The van der Waals surface area contributed by atoms with Crippen LogP contribution in [0, 0.1) is 23.0 Å². The van der Waals surface area contributed by atoms with E-state index >= 15 is 8.78 Å². The Bertz CT molecular complexity index is 1310. The Kier molecular flexibility index (Phi) is 7.70. The molecule has 2 aliphatic heterocycles. The van der Waals surface area contributed by atoms with Gasteiger partial charge in [0.2, 0.25) is 5.91 Å². The lowest BCUT2D eigenvalue weighted by Crippen LogP contribution is -2.50. The molecule has 1 atom stereocenters. The van der Waals surface area contributed by atoms with Crippen molar-refractivity contribution in [1.82, 2.24) is 9.88 Å². The first-order chi connectivity index (χ1) is 18.1. The van der Waals surface area contributed by atoms with Crippen molar-refractivity contribution in [3.8, 4) is 11.5 Å². The average Bonchev–Trinajstić information content (AvgIpc) is 3.21. The predicted octanol–water partition coefficient (Wildman–Crippen LogP) is 3.67. The molecule has 3 amide bonds. The number of hydrogen-bond acceptors (Lipinski definition) is 6. The van der Waals surface area contributed by atoms with Gasteiger partial charge in [0.25, 0.3) is 0 Å². The van der Waals surface area contributed by atoms with Crippen LogP contribution in [-0.4, -0.2) is 69.2 Å². The molecule has 4 rings (SSSR count). The molecule has 1 aromatic carbocycles. The highest BCUT2D eigenvalue weighted by atomic mass is 19.1. The lowest BCUT2D eigenvalue weighted by Gasteiger charge is -2.38. The van der Waals surface area contributed by atoms with Gasteiger partial charge in [-0.2, -0.15) is 0 Å². The molecule has 0 spiro atoms. The summed E-state index contributed by atoms with van der Waals surface area (Å²) < 4.78 is 41.0. The van der Waals surface area contributed by atoms with E-state index in [2.05, 4.69) is 4.98 Å². The zero-order chi connectivity index (χ0) is 27.7. The van der Waals surface area contributed by atoms with E-state index in [1.54, 1.807) is 31.1 Å². The van der Waals surface area contributed by atoms with Crippen LogP contribution in [0.25, 0.3) is 5.57 Å². The molecule has 1 unspecified atom stereocenters. The van der Waals surface area contributed by atoms with Gasteiger partial charge < -0.3 is 19.8 Å². The summed E-state index contributed by atoms with van der Waals surface area (Å²) >= 11 is 0. The molecule has 9 nitrogen and oxygen atoms in total. The molecule has 200 valence electrons. The molecule has 0 aliphatic carbocycles. The lowest BCUT2D eigenvalue weighted by atomic mass is 9.79. The molecule has 1 aromatic heterocycles. The minimum Gasteiger partial charge on any atom is -0.493 e. The number of aromatic nitrogens is 1. The zero-order valence-electron chi connectivity index (χ0n) is 22.1. The van der Waals surface area contributed by atoms with E-state index in [1.165, 1.54) is 19.1 Å². The Hall–Kier alpha value is -3.96. The second-order valence-corrected chi connectivity index (χ2v) is 9.43. The number of nitrogens with zero attached hydrogens (tertiary/aromatic N) is 4. The van der Waals surface area contributed by atoms with Gasteiger partial charge in [-0.1, -0.05) is 6.82 Å². The molecule has 12 heteroatoms. The number of methoxy groups -OCH3 is 2. The summed E-state index contributed by atoms with van der Waals surface area (Å²) in [5, 5.41) is 8.17. The Labute approximate surface area is 220 Å². The standard InChI is InChI=1S/C26H30BF2N5O4/c1-14(30)17(9-27-2)18-7-19-16(10-31-18)13-34(25-23(28)20(37-4)8-21(38-5)24(25)29)26(36)33(19)12-15-6-22(35)32(3)11-15/h7-10,15,27,30H,6,11-13H2,1-5H3/b17-9+,30-14?. The second kappa shape index (κ2) is 10.8. The topological polar surface area (TPSA) is 99.1 Å². The fraction of sp³-hybridized carbons (Fsp3) is 0.385. The summed E-state index contributed by atoms with van der Waals surface area (Å²) in [6.45, 7) is 4.07. The van der Waals surface area contributed by atoms with E-state index < -0.39 is 23.4 Å². The molecule has 0 radical (unpaired) electrons. The highest BCUT2D eigenvalue weighted by Crippen LogP contribution is 2.41. The van der Waals surface area contributed by atoms with Crippen LogP contribution in [-0.2, 0) is 11.3 Å². The van der Waals surface area contributed by atoms with E-state index in [0.717, 1.165) is 11.0 Å². The largest absolute Gasteiger partial charge is 0.493 e. The van der Waals surface area contributed by atoms with Crippen LogP contribution in [0.3, 0.4) is 0 Å². The number of halogens is 2. The number of amides is 3. The third kappa shape index (κ3) is 4.82. The molecule has 2 aliphatic rings. The highest BCUT2D eigenvalue weighted by molar-refractivity contribution is 6.45. The van der Waals surface area contributed by atoms with E-state index in [-0.39, 0.29) is 42.8 Å². The summed E-state index contributed by atoms with van der Waals surface area (Å²) in [6.07, 6.45) is 1.81. The van der Waals surface area contributed by atoms with E-state index in [0.29, 0.717) is 42.1 Å². The number of nitrogens with one attached hydrogen (secondary N) is 1. The third-order valence-electron chi connectivity index (χ3n) is 6.81. The van der Waals surface area contributed by atoms with Crippen LogP contribution in [0.1, 0.15) is 24.6 Å². The Morgan fingerprint density at radius 2 is 1.87 bits per heavy atom. The first-order valence-electron chi connectivity index (χ1n) is 12.3. The number of benzene rings is 1. The van der Waals surface area contributed by atoms with Gasteiger partial charge >= 0.3 is 6.03 Å². The Balaban J connectivity index is 1.86. The summed E-state index contributed by atoms with van der Waals surface area (Å²) in [6, 6.07) is 2.16. The maximum Gasteiger partial charge on any atom is 0.329 e. The van der Waals surface area contributed by atoms with Crippen molar-refractivity contribution in [2.75, 3.05) is 44.2 Å². The van der Waals surface area contributed by atoms with Gasteiger partial charge in [0, 0.05) is 61.6 Å². The first-order valence-corrected chi connectivity index (χ1v) is 12.3. The predicted molar refractivity (Wildman–Crippen MR) is 143 cm³/mol. The normalized spacial score (nSPS) is 17.6. The molecule has 0 bridgehead atoms. The summed E-state index contributed by atoms with van der Waals surface area (Å²) in [5.74, 6) is -0.923. The Morgan fingerprint density at radius 3 is 2.39 bits per heavy atom. The number of likely N-dealkylation sites (tertiary alicyclic amines) is 1. The quantitative estimate of drug-likeness (QED) is 0.419. The van der Waals surface area contributed by atoms with Gasteiger partial charge in [0.1, 0.15) is 13.0 Å². The van der Waals surface area contributed by atoms with Gasteiger partial charge in [0.05, 0.1) is 32.1 Å². The fourth-order valence-electron chi connectivity index (χ4n) is 4.93. The van der Waals surface area contributed by atoms with E-state index in [4.69, 9.17) is 14.9 Å². The monoisotopic (exact) mass is 525 g/mol. The van der Waals surface area contributed by atoms with Crippen LogP contribution in [0.2, 0.25) is 6.82 Å². The molecular weight excluding hydrogens is 495 g/mol. The number of hydrogen-bond donors (Lipinski definition) is 1. The first kappa shape index (κ1) is 27.1. The summed E-state index contributed by atoms with van der Waals surface area (Å²) in [4.78, 5) is 34.7. The van der Waals surface area contributed by atoms with Crippen molar-refractivity contribution in [1.29, 1.82) is 5.41 Å². The summed E-state index contributed by atoms with van der Waals surface area (Å²) in [5.41, 5.74) is 1.97. The number of rotatable bonds is 8. The molecule has 38 heavy (non-hydrogen) atoms. The van der Waals surface area contributed by atoms with E-state index in [1.807, 2.05) is 12.8 Å². The molecule has 1 N–H and O–H groups in total. The third-order valence-corrected chi connectivity index (χ3v) is 6.81. The molecular formula is C26H30BF2N5O4. The molecule has 0 saturated carbocycles. The van der Waals surface area contributed by atoms with Gasteiger partial charge in [-0.3, -0.25) is 19.6 Å². The van der Waals surface area contributed by atoms with Gasteiger partial charge in [-0.15, -0.1) is 5.98 Å². The van der Waals surface area contributed by atoms with Crippen molar-refractivity contribution in [3.05, 3.63) is 47.2 Å². The average molecular weight is 525 g/mol. The number of anilines is 2. The maximum absolute atomic E-state index is 15.4. The van der Waals surface area contributed by atoms with Crippen LogP contribution < -0.4 is 19.3 Å². The zero-order valence-corrected chi connectivity index (χ0v) is 22.1. The van der Waals surface area contributed by atoms with Crippen LogP contribution in [0.5, 0.6) is 11.5 Å².